The fourth-order valence-corrected chi connectivity index (χ4v) is 1.05. The Hall–Kier alpha value is -1.39. The number of hydrogen-bond donors (Lipinski definition) is 1. The van der Waals surface area contributed by atoms with Crippen molar-refractivity contribution in [2.45, 2.75) is 19.3 Å². The van der Waals surface area contributed by atoms with Crippen LogP contribution >= 0.6 is 0 Å². The lowest BCUT2D eigenvalue weighted by Crippen LogP contribution is -2.24. The van der Waals surface area contributed by atoms with Crippen LogP contribution in [0.4, 0.5) is 0 Å². The zero-order valence-corrected chi connectivity index (χ0v) is 7.50. The second-order valence-electron chi connectivity index (χ2n) is 2.74. The number of ether oxygens (including phenoxy) is 1. The molecule has 0 aliphatic carbocycles. The Morgan fingerprint density at radius 1 is 1.69 bits per heavy atom. The highest BCUT2D eigenvalue weighted by molar-refractivity contribution is 6.03. The molecule has 1 rings (SSSR count). The number of nitrogens with zero attached hydrogens (tertiary/aromatic N) is 1. The van der Waals surface area contributed by atoms with Gasteiger partial charge in [-0.25, -0.2) is 0 Å². The quantitative estimate of drug-likeness (QED) is 0.618. The number of aliphatic imine (C=N–C) groups is 1. The van der Waals surface area contributed by atoms with Crippen molar-refractivity contribution < 1.29 is 14.3 Å². The van der Waals surface area contributed by atoms with Gasteiger partial charge >= 0.3 is 5.97 Å². The molecule has 72 valence electrons. The van der Waals surface area contributed by atoms with Crippen LogP contribution in [0.1, 0.15) is 19.3 Å². The van der Waals surface area contributed by atoms with Gasteiger partial charge in [0.25, 0.3) is 0 Å². The molecule has 0 unspecified atom stereocenters. The molecule has 0 aromatic rings. The maximum atomic E-state index is 10.7. The third-order valence-corrected chi connectivity index (χ3v) is 1.72. The third kappa shape index (κ3) is 3.23. The van der Waals surface area contributed by atoms with Gasteiger partial charge < -0.3 is 10.1 Å². The summed E-state index contributed by atoms with van der Waals surface area (Å²) in [6.07, 6.45) is 1.65. The fourth-order valence-electron chi connectivity index (χ4n) is 1.05. The van der Waals surface area contributed by atoms with Crippen molar-refractivity contribution in [2.75, 3.05) is 13.7 Å². The van der Waals surface area contributed by atoms with Gasteiger partial charge in [-0.05, 0) is 6.42 Å². The van der Waals surface area contributed by atoms with E-state index in [-0.39, 0.29) is 18.4 Å². The molecule has 0 aromatic carbocycles. The molecule has 1 amide bonds. The summed E-state index contributed by atoms with van der Waals surface area (Å²) in [4.78, 5) is 25.3. The smallest absolute Gasteiger partial charge is 0.305 e. The number of nitrogens with one attached hydrogen (secondary N) is 1. The number of carbonyl (C=O) groups excluding carboxylic acids is 2. The Labute approximate surface area is 76.2 Å². The molecule has 0 saturated heterocycles. The lowest BCUT2D eigenvalue weighted by Gasteiger charge is -1.99. The number of amidine groups is 1. The van der Waals surface area contributed by atoms with Crippen LogP contribution in [0.2, 0.25) is 0 Å². The molecule has 0 spiro atoms. The average Bonchev–Trinajstić information content (AvgIpc) is 2.51. The average molecular weight is 184 g/mol. The summed E-state index contributed by atoms with van der Waals surface area (Å²) in [6, 6.07) is 0. The van der Waals surface area contributed by atoms with Crippen LogP contribution in [0.3, 0.4) is 0 Å². The molecule has 5 heteroatoms. The number of amides is 1. The molecule has 0 radical (unpaired) electrons. The van der Waals surface area contributed by atoms with Gasteiger partial charge in [-0.2, -0.15) is 0 Å². The summed E-state index contributed by atoms with van der Waals surface area (Å²) < 4.78 is 4.47. The molecule has 0 aromatic heterocycles. The summed E-state index contributed by atoms with van der Waals surface area (Å²) in [6.45, 7) is 0.216. The van der Waals surface area contributed by atoms with Crippen LogP contribution in [0.5, 0.6) is 0 Å². The Morgan fingerprint density at radius 3 is 3.00 bits per heavy atom. The van der Waals surface area contributed by atoms with E-state index in [9.17, 15) is 9.59 Å². The summed E-state index contributed by atoms with van der Waals surface area (Å²) in [5.41, 5.74) is 0. The van der Waals surface area contributed by atoms with Crippen LogP contribution in [0.25, 0.3) is 0 Å². The first-order valence-electron chi connectivity index (χ1n) is 4.12. The van der Waals surface area contributed by atoms with Gasteiger partial charge in [-0.15, -0.1) is 0 Å². The van der Waals surface area contributed by atoms with E-state index < -0.39 is 0 Å². The van der Waals surface area contributed by atoms with Crippen molar-refractivity contribution in [1.82, 2.24) is 5.32 Å². The maximum absolute atomic E-state index is 10.7. The standard InChI is InChI=1S/C8H12N2O3/c1-13-8(12)4-2-3-6-9-5-7(11)10-6/h2-5H2,1H3,(H,9,10,11). The minimum atomic E-state index is -0.232. The highest BCUT2D eigenvalue weighted by atomic mass is 16.5. The monoisotopic (exact) mass is 184 g/mol. The lowest BCUT2D eigenvalue weighted by molar-refractivity contribution is -0.140. The van der Waals surface area contributed by atoms with Crippen molar-refractivity contribution >= 4 is 17.7 Å². The Bertz CT molecular complexity index is 248. The predicted molar refractivity (Wildman–Crippen MR) is 46.3 cm³/mol. The largest absolute Gasteiger partial charge is 0.469 e. The van der Waals surface area contributed by atoms with E-state index in [4.69, 9.17) is 0 Å². The number of hydrogen-bond acceptors (Lipinski definition) is 4. The molecular formula is C8H12N2O3. The molecule has 13 heavy (non-hydrogen) atoms. The normalized spacial score (nSPS) is 15.2. The zero-order chi connectivity index (χ0) is 9.68. The highest BCUT2D eigenvalue weighted by Gasteiger charge is 2.12. The molecule has 1 N–H and O–H groups in total. The molecule has 0 bridgehead atoms. The van der Waals surface area contributed by atoms with E-state index >= 15 is 0 Å². The zero-order valence-electron chi connectivity index (χ0n) is 7.50. The van der Waals surface area contributed by atoms with Gasteiger partial charge in [-0.1, -0.05) is 0 Å². The van der Waals surface area contributed by atoms with Gasteiger partial charge in [0, 0.05) is 12.8 Å². The van der Waals surface area contributed by atoms with Crippen LogP contribution in [-0.4, -0.2) is 31.4 Å². The van der Waals surface area contributed by atoms with Crippen molar-refractivity contribution in [2.24, 2.45) is 4.99 Å². The topological polar surface area (TPSA) is 67.8 Å². The van der Waals surface area contributed by atoms with E-state index in [1.54, 1.807) is 0 Å². The van der Waals surface area contributed by atoms with Crippen LogP contribution in [0, 0.1) is 0 Å². The summed E-state index contributed by atoms with van der Waals surface area (Å²) in [5, 5.41) is 2.60. The summed E-state index contributed by atoms with van der Waals surface area (Å²) in [5.74, 6) is 0.367. The number of rotatable bonds is 4. The third-order valence-electron chi connectivity index (χ3n) is 1.72. The van der Waals surface area contributed by atoms with E-state index in [1.807, 2.05) is 0 Å². The van der Waals surface area contributed by atoms with Crippen LogP contribution in [-0.2, 0) is 14.3 Å². The second-order valence-corrected chi connectivity index (χ2v) is 2.74. The Kier molecular flexibility index (Phi) is 3.42. The molecule has 0 saturated carbocycles. The lowest BCUT2D eigenvalue weighted by atomic mass is 10.2. The maximum Gasteiger partial charge on any atom is 0.305 e. The first-order chi connectivity index (χ1) is 6.22. The summed E-state index contributed by atoms with van der Waals surface area (Å²) in [7, 11) is 1.36. The van der Waals surface area contributed by atoms with Gasteiger partial charge in [0.15, 0.2) is 0 Å². The first kappa shape index (κ1) is 9.70. The molecule has 0 fully saturated rings. The number of carbonyl (C=O) groups is 2. The van der Waals surface area contributed by atoms with Gasteiger partial charge in [0.1, 0.15) is 12.4 Å². The van der Waals surface area contributed by atoms with Crippen molar-refractivity contribution in [3.8, 4) is 0 Å². The van der Waals surface area contributed by atoms with Crippen molar-refractivity contribution in [3.63, 3.8) is 0 Å². The summed E-state index contributed by atoms with van der Waals surface area (Å²) >= 11 is 0. The van der Waals surface area contributed by atoms with Crippen LogP contribution < -0.4 is 5.32 Å². The minimum absolute atomic E-state index is 0.0759. The second kappa shape index (κ2) is 4.59. The minimum Gasteiger partial charge on any atom is -0.469 e. The first-order valence-corrected chi connectivity index (χ1v) is 4.12. The van der Waals surface area contributed by atoms with E-state index in [0.29, 0.717) is 25.1 Å². The van der Waals surface area contributed by atoms with Gasteiger partial charge in [0.05, 0.1) is 7.11 Å². The molecular weight excluding hydrogens is 172 g/mol. The van der Waals surface area contributed by atoms with Gasteiger partial charge in [-0.3, -0.25) is 14.6 Å². The van der Waals surface area contributed by atoms with E-state index in [1.165, 1.54) is 7.11 Å². The van der Waals surface area contributed by atoms with E-state index in [2.05, 4.69) is 15.0 Å². The fraction of sp³-hybridized carbons (Fsp3) is 0.625. The van der Waals surface area contributed by atoms with Crippen LogP contribution in [0.15, 0.2) is 4.99 Å². The molecule has 1 heterocycles. The Balaban J connectivity index is 2.13. The van der Waals surface area contributed by atoms with E-state index in [0.717, 1.165) is 0 Å². The number of methoxy groups -OCH3 is 1. The van der Waals surface area contributed by atoms with Crippen molar-refractivity contribution in [1.29, 1.82) is 0 Å². The molecule has 5 nitrogen and oxygen atoms in total. The molecule has 1 aliphatic heterocycles. The Morgan fingerprint density at radius 2 is 2.46 bits per heavy atom. The molecule has 0 atom stereocenters. The highest BCUT2D eigenvalue weighted by Crippen LogP contribution is 2.00. The SMILES string of the molecule is COC(=O)CCCC1=NCC(=O)N1. The number of esters is 1. The van der Waals surface area contributed by atoms with Crippen molar-refractivity contribution in [3.05, 3.63) is 0 Å². The predicted octanol–water partition coefficient (Wildman–Crippen LogP) is -0.142. The van der Waals surface area contributed by atoms with Gasteiger partial charge in [0.2, 0.25) is 5.91 Å². The molecule has 1 aliphatic rings.